The van der Waals surface area contributed by atoms with Crippen LogP contribution >= 0.6 is 0 Å². The quantitative estimate of drug-likeness (QED) is 0.157. The smallest absolute Gasteiger partial charge is 0.124 e. The van der Waals surface area contributed by atoms with Gasteiger partial charge in [-0.15, -0.1) is 0 Å². The van der Waals surface area contributed by atoms with E-state index in [4.69, 9.17) is 14.5 Å². The Labute approximate surface area is 228 Å². The molecule has 3 aromatic carbocycles. The molecule has 0 aliphatic heterocycles. The van der Waals surface area contributed by atoms with E-state index in [1.165, 1.54) is 27.6 Å². The molecule has 2 atom stereocenters. The number of hydrogen-bond donors (Lipinski definition) is 0. The molecule has 1 aliphatic carbocycles. The molecule has 0 radical (unpaired) electrons. The van der Waals surface area contributed by atoms with E-state index < -0.39 is 8.07 Å². The van der Waals surface area contributed by atoms with Crippen molar-refractivity contribution < 1.29 is 9.47 Å². The van der Waals surface area contributed by atoms with Gasteiger partial charge in [0.2, 0.25) is 0 Å². The summed E-state index contributed by atoms with van der Waals surface area (Å²) in [5.41, 5.74) is 4.89. The van der Waals surface area contributed by atoms with Crippen LogP contribution in [0.3, 0.4) is 0 Å². The molecule has 0 fully saturated rings. The van der Waals surface area contributed by atoms with Crippen LogP contribution in [-0.4, -0.2) is 13.1 Å². The van der Waals surface area contributed by atoms with Gasteiger partial charge in [0.25, 0.3) is 0 Å². The highest BCUT2D eigenvalue weighted by atomic mass is 28.3. The molecule has 0 unspecified atom stereocenters. The Kier molecular flexibility index (Phi) is 8.09. The van der Waals surface area contributed by atoms with E-state index in [9.17, 15) is 0 Å². The summed E-state index contributed by atoms with van der Waals surface area (Å²) in [5, 5.41) is 1.27. The molecule has 1 aromatic heterocycles. The van der Waals surface area contributed by atoms with Crippen molar-refractivity contribution in [1.29, 1.82) is 0 Å². The number of ether oxygens (including phenoxy) is 2. The fourth-order valence-corrected chi connectivity index (χ4v) is 7.57. The van der Waals surface area contributed by atoms with Gasteiger partial charge < -0.3 is 9.47 Å². The van der Waals surface area contributed by atoms with Crippen LogP contribution in [-0.2, 0) is 13.2 Å². The third kappa shape index (κ3) is 6.08. The molecule has 38 heavy (non-hydrogen) atoms. The number of rotatable bonds is 10. The van der Waals surface area contributed by atoms with Gasteiger partial charge in [0.05, 0.1) is 0 Å². The van der Waals surface area contributed by atoms with E-state index in [1.54, 1.807) is 0 Å². The van der Waals surface area contributed by atoms with Crippen LogP contribution in [0.2, 0.25) is 19.1 Å². The minimum absolute atomic E-state index is 0.258. The van der Waals surface area contributed by atoms with Gasteiger partial charge in [-0.05, 0) is 41.8 Å². The minimum Gasteiger partial charge on any atom is -0.489 e. The monoisotopic (exact) mass is 519 g/mol. The third-order valence-corrected chi connectivity index (χ3v) is 10.8. The van der Waals surface area contributed by atoms with Gasteiger partial charge >= 0.3 is 0 Å². The minimum atomic E-state index is -1.68. The first-order valence-electron chi connectivity index (χ1n) is 13.6. The van der Waals surface area contributed by atoms with Crippen LogP contribution in [0.15, 0.2) is 109 Å². The first-order chi connectivity index (χ1) is 18.5. The van der Waals surface area contributed by atoms with E-state index in [0.717, 1.165) is 24.0 Å². The molecule has 194 valence electrons. The Morgan fingerprint density at radius 3 is 1.84 bits per heavy atom. The zero-order valence-electron chi connectivity index (χ0n) is 22.6. The van der Waals surface area contributed by atoms with E-state index in [-0.39, 0.29) is 11.8 Å². The highest BCUT2D eigenvalue weighted by Gasteiger charge is 2.31. The van der Waals surface area contributed by atoms with Crippen molar-refractivity contribution in [1.82, 2.24) is 4.98 Å². The predicted octanol–water partition coefficient (Wildman–Crippen LogP) is 8.00. The average molecular weight is 520 g/mol. The van der Waals surface area contributed by atoms with Crippen LogP contribution in [0.4, 0.5) is 0 Å². The number of fused-ring (bicyclic) bond motifs is 1. The van der Waals surface area contributed by atoms with Crippen LogP contribution in [0, 0.1) is 0 Å². The van der Waals surface area contributed by atoms with Crippen molar-refractivity contribution >= 4 is 13.4 Å². The molecule has 0 N–H and O–H groups in total. The van der Waals surface area contributed by atoms with Gasteiger partial charge in [0.15, 0.2) is 0 Å². The lowest BCUT2D eigenvalue weighted by atomic mass is 9.80. The Hall–Kier alpha value is -3.63. The van der Waals surface area contributed by atoms with Crippen molar-refractivity contribution in [3.05, 3.63) is 132 Å². The standard InChI is InChI=1S/C34H37NO2Si/c1-26-17-18-29(21-23-38(2,3)32-16-10-11-22-35-32)34-31(37-25-28-14-8-5-9-15-28)20-19-30(33(26)34)36-24-27-12-6-4-7-13-27/h4-20,22,26,29H,21,23-25H2,1-3H3/t26-,29-/m0/s1. The molecule has 5 rings (SSSR count). The number of hydrogen-bond acceptors (Lipinski definition) is 3. The Bertz CT molecular complexity index is 1350. The first kappa shape index (κ1) is 26.0. The number of pyridine rings is 1. The first-order valence-corrected chi connectivity index (χ1v) is 16.8. The van der Waals surface area contributed by atoms with E-state index in [1.807, 2.05) is 24.4 Å². The maximum atomic E-state index is 6.51. The van der Waals surface area contributed by atoms with Crippen molar-refractivity contribution in [3.63, 3.8) is 0 Å². The molecule has 1 heterocycles. The van der Waals surface area contributed by atoms with Crippen LogP contribution in [0.5, 0.6) is 11.5 Å². The SMILES string of the molecule is C[C@H]1C=C[C@@H](CC[Si](C)(C)c2ccccn2)c2c(OCc3ccccc3)ccc(OCc3ccccc3)c21. The Morgan fingerprint density at radius 2 is 1.26 bits per heavy atom. The summed E-state index contributed by atoms with van der Waals surface area (Å²) >= 11 is 0. The lowest BCUT2D eigenvalue weighted by Crippen LogP contribution is -2.43. The molecule has 4 aromatic rings. The largest absolute Gasteiger partial charge is 0.489 e. The Morgan fingerprint density at radius 1 is 0.684 bits per heavy atom. The zero-order valence-corrected chi connectivity index (χ0v) is 23.6. The molecule has 3 nitrogen and oxygen atoms in total. The summed E-state index contributed by atoms with van der Waals surface area (Å²) in [7, 11) is -1.68. The van der Waals surface area contributed by atoms with Gasteiger partial charge in [-0.25, -0.2) is 0 Å². The van der Waals surface area contributed by atoms with Crippen LogP contribution in [0.25, 0.3) is 0 Å². The molecule has 0 amide bonds. The lowest BCUT2D eigenvalue weighted by Gasteiger charge is -2.31. The second-order valence-electron chi connectivity index (χ2n) is 10.9. The number of aromatic nitrogens is 1. The summed E-state index contributed by atoms with van der Waals surface area (Å²) in [5.74, 6) is 2.46. The highest BCUT2D eigenvalue weighted by molar-refractivity contribution is 6.89. The summed E-state index contributed by atoms with van der Waals surface area (Å²) in [6, 6.07) is 32.5. The zero-order chi connectivity index (χ0) is 26.4. The molecule has 4 heteroatoms. The van der Waals surface area contributed by atoms with Gasteiger partial charge in [-0.1, -0.05) is 105 Å². The molecule has 1 aliphatic rings. The summed E-state index contributed by atoms with van der Waals surface area (Å²) in [4.78, 5) is 4.72. The normalized spacial score (nSPS) is 16.6. The predicted molar refractivity (Wildman–Crippen MR) is 159 cm³/mol. The Balaban J connectivity index is 1.45. The molecule has 0 bridgehead atoms. The topological polar surface area (TPSA) is 31.4 Å². The van der Waals surface area contributed by atoms with Crippen molar-refractivity contribution in [3.8, 4) is 11.5 Å². The van der Waals surface area contributed by atoms with Gasteiger partial charge in [-0.3, -0.25) is 4.98 Å². The number of nitrogens with zero attached hydrogens (tertiary/aromatic N) is 1. The highest BCUT2D eigenvalue weighted by Crippen LogP contribution is 2.46. The molecule has 0 saturated heterocycles. The fourth-order valence-electron chi connectivity index (χ4n) is 5.31. The van der Waals surface area contributed by atoms with E-state index in [2.05, 4.69) is 105 Å². The van der Waals surface area contributed by atoms with Crippen molar-refractivity contribution in [2.75, 3.05) is 0 Å². The van der Waals surface area contributed by atoms with Crippen molar-refractivity contribution in [2.24, 2.45) is 0 Å². The van der Waals surface area contributed by atoms with E-state index in [0.29, 0.717) is 13.2 Å². The number of benzene rings is 3. The molecular formula is C34H37NO2Si. The maximum Gasteiger partial charge on any atom is 0.124 e. The molecular weight excluding hydrogens is 482 g/mol. The van der Waals surface area contributed by atoms with Crippen LogP contribution in [0.1, 0.15) is 47.4 Å². The second-order valence-corrected chi connectivity index (χ2v) is 15.6. The van der Waals surface area contributed by atoms with Gasteiger partial charge in [0.1, 0.15) is 32.8 Å². The fraction of sp³-hybridized carbons (Fsp3) is 0.265. The summed E-state index contributed by atoms with van der Waals surface area (Å²) in [6.45, 7) is 8.22. The van der Waals surface area contributed by atoms with Crippen LogP contribution < -0.4 is 14.8 Å². The second kappa shape index (κ2) is 11.8. The van der Waals surface area contributed by atoms with Gasteiger partial charge in [0, 0.05) is 34.5 Å². The number of allylic oxidation sites excluding steroid dienone is 2. The summed E-state index contributed by atoms with van der Waals surface area (Å²) in [6.07, 6.45) is 7.73. The van der Waals surface area contributed by atoms with Gasteiger partial charge in [-0.2, -0.15) is 0 Å². The lowest BCUT2D eigenvalue weighted by molar-refractivity contribution is 0.289. The van der Waals surface area contributed by atoms with E-state index >= 15 is 0 Å². The maximum absolute atomic E-state index is 6.51. The molecule has 0 spiro atoms. The van der Waals surface area contributed by atoms with Crippen molar-refractivity contribution in [2.45, 2.75) is 57.5 Å². The average Bonchev–Trinajstić information content (AvgIpc) is 2.96. The third-order valence-electron chi connectivity index (χ3n) is 7.58. The summed E-state index contributed by atoms with van der Waals surface area (Å²) < 4.78 is 13.0. The molecule has 0 saturated carbocycles.